The molecule has 19 heavy (non-hydrogen) atoms. The van der Waals surface area contributed by atoms with E-state index in [4.69, 9.17) is 5.11 Å². The largest absolute Gasteiger partial charge is 0.478 e. The molecule has 0 aliphatic carbocycles. The molecule has 0 atom stereocenters. The fourth-order valence-electron chi connectivity index (χ4n) is 2.16. The van der Waals surface area contributed by atoms with Crippen molar-refractivity contribution in [3.05, 3.63) is 33.8 Å². The number of hydrogen-bond acceptors (Lipinski definition) is 1. The van der Waals surface area contributed by atoms with E-state index in [1.807, 2.05) is 6.07 Å². The van der Waals surface area contributed by atoms with Gasteiger partial charge in [0.2, 0.25) is 0 Å². The Kier molecular flexibility index (Phi) is 7.80. The minimum absolute atomic E-state index is 0.343. The van der Waals surface area contributed by atoms with Crippen molar-refractivity contribution >= 4 is 21.9 Å². The van der Waals surface area contributed by atoms with E-state index < -0.39 is 5.97 Å². The smallest absolute Gasteiger partial charge is 0.335 e. The van der Waals surface area contributed by atoms with Crippen molar-refractivity contribution in [2.75, 3.05) is 0 Å². The lowest BCUT2D eigenvalue weighted by atomic mass is 10.0. The average molecular weight is 327 g/mol. The lowest BCUT2D eigenvalue weighted by Gasteiger charge is -2.06. The van der Waals surface area contributed by atoms with E-state index in [2.05, 4.69) is 22.9 Å². The summed E-state index contributed by atoms with van der Waals surface area (Å²) >= 11 is 3.46. The van der Waals surface area contributed by atoms with Crippen LogP contribution in [-0.4, -0.2) is 11.1 Å². The number of benzene rings is 1. The molecule has 0 bridgehead atoms. The molecule has 106 valence electrons. The molecule has 1 aromatic carbocycles. The molecule has 0 spiro atoms. The normalized spacial score (nSPS) is 10.6. The molecule has 0 saturated heterocycles. The molecule has 0 fully saturated rings. The van der Waals surface area contributed by atoms with Crippen molar-refractivity contribution in [1.29, 1.82) is 0 Å². The zero-order valence-corrected chi connectivity index (χ0v) is 13.2. The van der Waals surface area contributed by atoms with Crippen molar-refractivity contribution in [3.8, 4) is 0 Å². The van der Waals surface area contributed by atoms with Gasteiger partial charge in [-0.05, 0) is 30.5 Å². The second-order valence-electron chi connectivity index (χ2n) is 4.98. The Hall–Kier alpha value is -0.830. The van der Waals surface area contributed by atoms with Gasteiger partial charge in [0.05, 0.1) is 5.56 Å². The summed E-state index contributed by atoms with van der Waals surface area (Å²) in [5.74, 6) is -0.872. The average Bonchev–Trinajstić information content (AvgIpc) is 2.39. The zero-order valence-electron chi connectivity index (χ0n) is 11.6. The van der Waals surface area contributed by atoms with Gasteiger partial charge in [0.15, 0.2) is 0 Å². The third-order valence-electron chi connectivity index (χ3n) is 3.35. The van der Waals surface area contributed by atoms with E-state index in [-0.39, 0.29) is 0 Å². The molecule has 2 nitrogen and oxygen atoms in total. The molecule has 0 aliphatic rings. The lowest BCUT2D eigenvalue weighted by molar-refractivity contribution is 0.0697. The number of carbonyl (C=O) groups is 1. The van der Waals surface area contributed by atoms with Gasteiger partial charge in [0, 0.05) is 4.47 Å². The van der Waals surface area contributed by atoms with Crippen molar-refractivity contribution in [2.24, 2.45) is 0 Å². The van der Waals surface area contributed by atoms with E-state index in [1.54, 1.807) is 12.1 Å². The van der Waals surface area contributed by atoms with Crippen LogP contribution in [0.25, 0.3) is 0 Å². The van der Waals surface area contributed by atoms with Crippen molar-refractivity contribution in [3.63, 3.8) is 0 Å². The number of carboxylic acid groups (broad SMARTS) is 1. The highest BCUT2D eigenvalue weighted by Crippen LogP contribution is 2.21. The Morgan fingerprint density at radius 2 is 1.74 bits per heavy atom. The highest BCUT2D eigenvalue weighted by atomic mass is 79.9. The number of halogens is 1. The maximum atomic E-state index is 10.8. The summed E-state index contributed by atoms with van der Waals surface area (Å²) < 4.78 is 0.915. The second kappa shape index (κ2) is 9.13. The van der Waals surface area contributed by atoms with Crippen LogP contribution in [0, 0.1) is 0 Å². The second-order valence-corrected chi connectivity index (χ2v) is 5.84. The van der Waals surface area contributed by atoms with Gasteiger partial charge in [0.1, 0.15) is 0 Å². The number of aryl methyl sites for hydroxylation is 1. The first-order valence-electron chi connectivity index (χ1n) is 7.17. The van der Waals surface area contributed by atoms with E-state index >= 15 is 0 Å². The van der Waals surface area contributed by atoms with Crippen molar-refractivity contribution < 1.29 is 9.90 Å². The van der Waals surface area contributed by atoms with Gasteiger partial charge in [-0.1, -0.05) is 67.4 Å². The molecule has 0 aromatic heterocycles. The van der Waals surface area contributed by atoms with Crippen LogP contribution < -0.4 is 0 Å². The Morgan fingerprint density at radius 3 is 2.32 bits per heavy atom. The minimum atomic E-state index is -0.872. The summed E-state index contributed by atoms with van der Waals surface area (Å²) in [6, 6.07) is 5.30. The fourth-order valence-corrected chi connectivity index (χ4v) is 2.73. The third kappa shape index (κ3) is 6.24. The SMILES string of the molecule is CCCCCCCCCc1ccc(C(=O)O)cc1Br. The van der Waals surface area contributed by atoms with E-state index in [0.717, 1.165) is 10.9 Å². The molecule has 0 heterocycles. The molecule has 0 radical (unpaired) electrons. The molecule has 0 amide bonds. The van der Waals surface area contributed by atoms with Crippen LogP contribution >= 0.6 is 15.9 Å². The predicted molar refractivity (Wildman–Crippen MR) is 82.8 cm³/mol. The van der Waals surface area contributed by atoms with E-state index in [9.17, 15) is 4.79 Å². The van der Waals surface area contributed by atoms with E-state index in [0.29, 0.717) is 5.56 Å². The molecule has 0 aliphatic heterocycles. The van der Waals surface area contributed by atoms with Gasteiger partial charge in [-0.25, -0.2) is 4.79 Å². The molecule has 0 unspecified atom stereocenters. The molecular formula is C16H23BrO2. The van der Waals surface area contributed by atoms with Crippen molar-refractivity contribution in [2.45, 2.75) is 58.3 Å². The van der Waals surface area contributed by atoms with Crippen LogP contribution in [-0.2, 0) is 6.42 Å². The highest BCUT2D eigenvalue weighted by Gasteiger charge is 2.06. The number of carboxylic acids is 1. The number of rotatable bonds is 9. The van der Waals surface area contributed by atoms with Gasteiger partial charge in [-0.3, -0.25) is 0 Å². The van der Waals surface area contributed by atoms with Crippen molar-refractivity contribution in [1.82, 2.24) is 0 Å². The molecule has 3 heteroatoms. The zero-order chi connectivity index (χ0) is 14.1. The summed E-state index contributed by atoms with van der Waals surface area (Å²) in [5, 5.41) is 8.90. The standard InChI is InChI=1S/C16H23BrO2/c1-2-3-4-5-6-7-8-9-13-10-11-14(16(18)19)12-15(13)17/h10-12H,2-9H2,1H3,(H,18,19). The Labute approximate surface area is 124 Å². The van der Waals surface area contributed by atoms with Gasteiger partial charge in [0.25, 0.3) is 0 Å². The first-order valence-corrected chi connectivity index (χ1v) is 7.96. The Morgan fingerprint density at radius 1 is 1.11 bits per heavy atom. The topological polar surface area (TPSA) is 37.3 Å². The van der Waals surface area contributed by atoms with Crippen LogP contribution in [0.15, 0.2) is 22.7 Å². The third-order valence-corrected chi connectivity index (χ3v) is 4.09. The van der Waals surface area contributed by atoms with Crippen LogP contribution in [0.4, 0.5) is 0 Å². The summed E-state index contributed by atoms with van der Waals surface area (Å²) in [7, 11) is 0. The van der Waals surface area contributed by atoms with Gasteiger partial charge in [-0.15, -0.1) is 0 Å². The van der Waals surface area contributed by atoms with Gasteiger partial charge in [-0.2, -0.15) is 0 Å². The van der Waals surface area contributed by atoms with Gasteiger partial charge >= 0.3 is 5.97 Å². The summed E-state index contributed by atoms with van der Waals surface area (Å²) in [5.41, 5.74) is 1.55. The number of hydrogen-bond donors (Lipinski definition) is 1. The minimum Gasteiger partial charge on any atom is -0.478 e. The quantitative estimate of drug-likeness (QED) is 0.613. The van der Waals surface area contributed by atoms with Gasteiger partial charge < -0.3 is 5.11 Å². The van der Waals surface area contributed by atoms with Crippen LogP contribution in [0.2, 0.25) is 0 Å². The maximum absolute atomic E-state index is 10.8. The summed E-state index contributed by atoms with van der Waals surface area (Å²) in [6.45, 7) is 2.23. The fraction of sp³-hybridized carbons (Fsp3) is 0.562. The number of aromatic carboxylic acids is 1. The monoisotopic (exact) mass is 326 g/mol. The van der Waals surface area contributed by atoms with Crippen LogP contribution in [0.1, 0.15) is 67.8 Å². The predicted octanol–water partition coefficient (Wildman–Crippen LogP) is 5.44. The molecule has 0 saturated carbocycles. The first kappa shape index (κ1) is 16.2. The lowest BCUT2D eigenvalue weighted by Crippen LogP contribution is -1.97. The molecule has 1 rings (SSSR count). The van der Waals surface area contributed by atoms with E-state index in [1.165, 1.54) is 50.5 Å². The Balaban J connectivity index is 2.28. The van der Waals surface area contributed by atoms with Crippen LogP contribution in [0.3, 0.4) is 0 Å². The Bertz CT molecular complexity index is 402. The first-order chi connectivity index (χ1) is 9.15. The molecule has 1 N–H and O–H groups in total. The summed E-state index contributed by atoms with van der Waals surface area (Å²) in [6.07, 6.45) is 10.1. The molecular weight excluding hydrogens is 304 g/mol. The van der Waals surface area contributed by atoms with Crippen LogP contribution in [0.5, 0.6) is 0 Å². The maximum Gasteiger partial charge on any atom is 0.335 e. The summed E-state index contributed by atoms with van der Waals surface area (Å²) in [4.78, 5) is 10.8. The highest BCUT2D eigenvalue weighted by molar-refractivity contribution is 9.10. The molecule has 1 aromatic rings. The number of unbranched alkanes of at least 4 members (excludes halogenated alkanes) is 6.